The monoisotopic (exact) mass is 264 g/mol. The quantitative estimate of drug-likeness (QED) is 0.850. The van der Waals surface area contributed by atoms with E-state index >= 15 is 0 Å². The zero-order chi connectivity index (χ0) is 13.0. The molecule has 3 nitrogen and oxygen atoms in total. The van der Waals surface area contributed by atoms with Gasteiger partial charge in [-0.2, -0.15) is 0 Å². The van der Waals surface area contributed by atoms with Crippen LogP contribution < -0.4 is 0 Å². The van der Waals surface area contributed by atoms with Crippen molar-refractivity contribution < 1.29 is 9.18 Å². The van der Waals surface area contributed by atoms with Crippen LogP contribution >= 0.6 is 11.3 Å². The topological polar surface area (TPSA) is 33.2 Å². The van der Waals surface area contributed by atoms with Gasteiger partial charge in [-0.1, -0.05) is 12.1 Å². The molecule has 0 spiro atoms. The Morgan fingerprint density at radius 1 is 1.39 bits per heavy atom. The van der Waals surface area contributed by atoms with Gasteiger partial charge in [0.15, 0.2) is 0 Å². The van der Waals surface area contributed by atoms with Crippen LogP contribution in [0.5, 0.6) is 0 Å². The molecule has 0 unspecified atom stereocenters. The second kappa shape index (κ2) is 5.73. The number of aromatic nitrogens is 1. The van der Waals surface area contributed by atoms with Gasteiger partial charge in [-0.05, 0) is 17.7 Å². The molecule has 0 N–H and O–H groups in total. The summed E-state index contributed by atoms with van der Waals surface area (Å²) in [7, 11) is 1.74. The van der Waals surface area contributed by atoms with Crippen LogP contribution in [0.3, 0.4) is 0 Å². The number of likely N-dealkylation sites (N-methyl/N-ethyl adjacent to an activating group) is 1. The van der Waals surface area contributed by atoms with E-state index in [1.54, 1.807) is 30.3 Å². The Hall–Kier alpha value is -1.75. The van der Waals surface area contributed by atoms with Crippen LogP contribution in [0.25, 0.3) is 0 Å². The summed E-state index contributed by atoms with van der Waals surface area (Å²) in [5.74, 6) is -0.292. The number of rotatable bonds is 4. The van der Waals surface area contributed by atoms with Crippen LogP contribution in [0, 0.1) is 5.82 Å². The second-order valence-corrected chi connectivity index (χ2v) is 4.96. The number of hydrogen-bond donors (Lipinski definition) is 0. The highest BCUT2D eigenvalue weighted by Crippen LogP contribution is 2.09. The molecule has 2 aromatic rings. The minimum Gasteiger partial charge on any atom is -0.339 e. The minimum absolute atomic E-state index is 0.00296. The molecular formula is C13H13FN2OS. The van der Waals surface area contributed by atoms with E-state index in [-0.39, 0.29) is 18.1 Å². The fourth-order valence-corrected chi connectivity index (χ4v) is 2.20. The van der Waals surface area contributed by atoms with Gasteiger partial charge in [0.25, 0.3) is 0 Å². The number of benzene rings is 1. The summed E-state index contributed by atoms with van der Waals surface area (Å²) in [6, 6.07) is 5.99. The van der Waals surface area contributed by atoms with Crippen LogP contribution in [0.1, 0.15) is 10.6 Å². The van der Waals surface area contributed by atoms with Crippen LogP contribution in [0.2, 0.25) is 0 Å². The first-order valence-electron chi connectivity index (χ1n) is 5.52. The van der Waals surface area contributed by atoms with E-state index in [1.807, 2.05) is 5.38 Å². The molecule has 1 aromatic carbocycles. The normalized spacial score (nSPS) is 10.3. The van der Waals surface area contributed by atoms with Crippen molar-refractivity contribution in [3.63, 3.8) is 0 Å². The summed E-state index contributed by atoms with van der Waals surface area (Å²) in [6.07, 6.45) is 2.00. The molecule has 0 aliphatic heterocycles. The highest BCUT2D eigenvalue weighted by molar-refractivity contribution is 7.09. The standard InChI is InChI=1S/C13H13FN2OS/c1-16(9-12-15-6-7-18-12)13(17)8-10-2-4-11(14)5-3-10/h2-7H,8-9H2,1H3. The van der Waals surface area contributed by atoms with E-state index in [4.69, 9.17) is 0 Å². The van der Waals surface area contributed by atoms with Gasteiger partial charge in [-0.3, -0.25) is 4.79 Å². The second-order valence-electron chi connectivity index (χ2n) is 3.98. The van der Waals surface area contributed by atoms with Gasteiger partial charge >= 0.3 is 0 Å². The fraction of sp³-hybridized carbons (Fsp3) is 0.231. The third-order valence-corrected chi connectivity index (χ3v) is 3.31. The summed E-state index contributed by atoms with van der Waals surface area (Å²) in [4.78, 5) is 17.7. The fourth-order valence-electron chi connectivity index (χ4n) is 1.53. The van der Waals surface area contributed by atoms with E-state index in [9.17, 15) is 9.18 Å². The highest BCUT2D eigenvalue weighted by Gasteiger charge is 2.11. The van der Waals surface area contributed by atoms with Crippen LogP contribution in [-0.2, 0) is 17.8 Å². The third-order valence-electron chi connectivity index (χ3n) is 2.55. The van der Waals surface area contributed by atoms with Crippen molar-refractivity contribution in [3.8, 4) is 0 Å². The summed E-state index contributed by atoms with van der Waals surface area (Å²) in [5, 5.41) is 2.79. The van der Waals surface area contributed by atoms with Crippen LogP contribution in [0.15, 0.2) is 35.8 Å². The van der Waals surface area contributed by atoms with Crippen molar-refractivity contribution >= 4 is 17.2 Å². The van der Waals surface area contributed by atoms with Crippen molar-refractivity contribution in [2.45, 2.75) is 13.0 Å². The van der Waals surface area contributed by atoms with Gasteiger partial charge < -0.3 is 4.90 Å². The van der Waals surface area contributed by atoms with Crippen molar-refractivity contribution in [1.82, 2.24) is 9.88 Å². The Kier molecular flexibility index (Phi) is 4.04. The average Bonchev–Trinajstić information content (AvgIpc) is 2.85. The highest BCUT2D eigenvalue weighted by atomic mass is 32.1. The maximum atomic E-state index is 12.7. The largest absolute Gasteiger partial charge is 0.339 e. The van der Waals surface area contributed by atoms with Gasteiger partial charge in [0, 0.05) is 18.6 Å². The molecule has 2 rings (SSSR count). The SMILES string of the molecule is CN(Cc1nccs1)C(=O)Cc1ccc(F)cc1. The van der Waals surface area contributed by atoms with Crippen molar-refractivity contribution in [3.05, 3.63) is 52.2 Å². The molecular weight excluding hydrogens is 251 g/mol. The molecule has 1 heterocycles. The van der Waals surface area contributed by atoms with E-state index < -0.39 is 0 Å². The van der Waals surface area contributed by atoms with Gasteiger partial charge in [0.1, 0.15) is 10.8 Å². The predicted octanol–water partition coefficient (Wildman–Crippen LogP) is 2.48. The van der Waals surface area contributed by atoms with Gasteiger partial charge in [-0.15, -0.1) is 11.3 Å². The first kappa shape index (κ1) is 12.7. The van der Waals surface area contributed by atoms with E-state index in [0.717, 1.165) is 10.6 Å². The third kappa shape index (κ3) is 3.37. The Balaban J connectivity index is 1.93. The predicted molar refractivity (Wildman–Crippen MR) is 68.7 cm³/mol. The number of halogens is 1. The van der Waals surface area contributed by atoms with Gasteiger partial charge in [0.2, 0.25) is 5.91 Å². The molecule has 1 aromatic heterocycles. The first-order chi connectivity index (χ1) is 8.65. The number of nitrogens with zero attached hydrogens (tertiary/aromatic N) is 2. The molecule has 5 heteroatoms. The summed E-state index contributed by atoms with van der Waals surface area (Å²) in [5.41, 5.74) is 0.812. The molecule has 94 valence electrons. The summed E-state index contributed by atoms with van der Waals surface area (Å²) < 4.78 is 12.7. The molecule has 0 bridgehead atoms. The number of amides is 1. The Bertz CT molecular complexity index is 510. The zero-order valence-corrected chi connectivity index (χ0v) is 10.8. The summed E-state index contributed by atoms with van der Waals surface area (Å²) >= 11 is 1.52. The maximum Gasteiger partial charge on any atom is 0.227 e. The van der Waals surface area contributed by atoms with E-state index in [0.29, 0.717) is 6.54 Å². The Labute approximate surface area is 109 Å². The molecule has 0 atom stereocenters. The number of thiazole rings is 1. The number of hydrogen-bond acceptors (Lipinski definition) is 3. The number of carbonyl (C=O) groups excluding carboxylic acids is 1. The molecule has 0 saturated carbocycles. The molecule has 0 radical (unpaired) electrons. The van der Waals surface area contributed by atoms with Gasteiger partial charge in [0.05, 0.1) is 13.0 Å². The zero-order valence-electron chi connectivity index (χ0n) is 9.97. The average molecular weight is 264 g/mol. The molecule has 18 heavy (non-hydrogen) atoms. The lowest BCUT2D eigenvalue weighted by Crippen LogP contribution is -2.27. The van der Waals surface area contributed by atoms with E-state index in [2.05, 4.69) is 4.98 Å². The first-order valence-corrected chi connectivity index (χ1v) is 6.40. The molecule has 0 aliphatic rings. The molecule has 1 amide bonds. The Morgan fingerprint density at radius 3 is 2.72 bits per heavy atom. The van der Waals surface area contributed by atoms with Crippen LogP contribution in [0.4, 0.5) is 4.39 Å². The lowest BCUT2D eigenvalue weighted by atomic mass is 10.1. The van der Waals surface area contributed by atoms with E-state index in [1.165, 1.54) is 23.5 Å². The van der Waals surface area contributed by atoms with Crippen LogP contribution in [-0.4, -0.2) is 22.8 Å². The lowest BCUT2D eigenvalue weighted by molar-refractivity contribution is -0.129. The maximum absolute atomic E-state index is 12.7. The number of carbonyl (C=O) groups is 1. The molecule has 0 saturated heterocycles. The Morgan fingerprint density at radius 2 is 2.11 bits per heavy atom. The van der Waals surface area contributed by atoms with Crippen molar-refractivity contribution in [2.75, 3.05) is 7.05 Å². The lowest BCUT2D eigenvalue weighted by Gasteiger charge is -2.15. The molecule has 0 aliphatic carbocycles. The van der Waals surface area contributed by atoms with Crippen molar-refractivity contribution in [2.24, 2.45) is 0 Å². The van der Waals surface area contributed by atoms with Crippen molar-refractivity contribution in [1.29, 1.82) is 0 Å². The minimum atomic E-state index is -0.290. The van der Waals surface area contributed by atoms with Gasteiger partial charge in [-0.25, -0.2) is 9.37 Å². The molecule has 0 fully saturated rings. The smallest absolute Gasteiger partial charge is 0.227 e. The summed E-state index contributed by atoms with van der Waals surface area (Å²) in [6.45, 7) is 0.512.